The molecule has 1 aromatic heterocycles. The third kappa shape index (κ3) is 2.44. The average Bonchev–Trinajstić information content (AvgIpc) is 2.47. The van der Waals surface area contributed by atoms with Crippen molar-refractivity contribution in [1.82, 2.24) is 9.88 Å². The molecule has 1 aromatic rings. The molecule has 0 amide bonds. The summed E-state index contributed by atoms with van der Waals surface area (Å²) in [7, 11) is 0. The van der Waals surface area contributed by atoms with Crippen molar-refractivity contribution in [3.8, 4) is 0 Å². The summed E-state index contributed by atoms with van der Waals surface area (Å²) in [5, 5.41) is 0. The van der Waals surface area contributed by atoms with Crippen molar-refractivity contribution in [2.75, 3.05) is 31.1 Å². The van der Waals surface area contributed by atoms with Crippen molar-refractivity contribution >= 4 is 5.82 Å². The number of piperidine rings is 1. The lowest BCUT2D eigenvalue weighted by molar-refractivity contribution is 0.133. The summed E-state index contributed by atoms with van der Waals surface area (Å²) in [5.74, 6) is 0.238. The van der Waals surface area contributed by atoms with Gasteiger partial charge in [0.05, 0.1) is 0 Å². The smallest absolute Gasteiger partial charge is 0.170 e. The van der Waals surface area contributed by atoms with Crippen molar-refractivity contribution in [3.63, 3.8) is 0 Å². The van der Waals surface area contributed by atoms with Gasteiger partial charge in [-0.05, 0) is 25.5 Å². The van der Waals surface area contributed by atoms with Gasteiger partial charge in [0.15, 0.2) is 11.6 Å². The molecule has 3 heterocycles. The van der Waals surface area contributed by atoms with Crippen LogP contribution < -0.4 is 10.6 Å². The molecule has 2 N–H and O–H groups in total. The molecular formula is C14H21FN4. The van der Waals surface area contributed by atoms with Crippen LogP contribution in [-0.2, 0) is 6.54 Å². The second kappa shape index (κ2) is 5.43. The number of anilines is 1. The molecule has 1 atom stereocenters. The van der Waals surface area contributed by atoms with Gasteiger partial charge in [0.1, 0.15) is 0 Å². The van der Waals surface area contributed by atoms with E-state index in [-0.39, 0.29) is 12.4 Å². The lowest BCUT2D eigenvalue weighted by atomic mass is 9.99. The summed E-state index contributed by atoms with van der Waals surface area (Å²) < 4.78 is 14.3. The molecule has 104 valence electrons. The van der Waals surface area contributed by atoms with Gasteiger partial charge < -0.3 is 10.6 Å². The van der Waals surface area contributed by atoms with Gasteiger partial charge in [0.25, 0.3) is 0 Å². The van der Waals surface area contributed by atoms with Crippen molar-refractivity contribution in [2.24, 2.45) is 5.73 Å². The van der Waals surface area contributed by atoms with E-state index in [1.54, 1.807) is 12.3 Å². The van der Waals surface area contributed by atoms with Crippen LogP contribution in [0.25, 0.3) is 0 Å². The Bertz CT molecular complexity index is 451. The minimum absolute atomic E-state index is 0.227. The predicted molar refractivity (Wildman–Crippen MR) is 73.5 cm³/mol. The molecule has 0 aliphatic carbocycles. The Morgan fingerprint density at radius 2 is 2.21 bits per heavy atom. The molecule has 0 spiro atoms. The molecule has 2 aliphatic rings. The number of nitrogens with two attached hydrogens (primary N) is 1. The van der Waals surface area contributed by atoms with E-state index in [9.17, 15) is 4.39 Å². The predicted octanol–water partition coefficient (Wildman–Crippen LogP) is 1.35. The number of nitrogens with zero attached hydrogens (tertiary/aromatic N) is 3. The zero-order valence-corrected chi connectivity index (χ0v) is 11.2. The van der Waals surface area contributed by atoms with Gasteiger partial charge in [-0.2, -0.15) is 0 Å². The Morgan fingerprint density at radius 3 is 3.05 bits per heavy atom. The standard InChI is InChI=1S/C14H21FN4/c15-13-11(9-16)4-5-17-14(13)19-8-7-18-6-2-1-3-12(18)10-19/h4-5,12H,1-3,6-10,16H2. The van der Waals surface area contributed by atoms with Crippen LogP contribution >= 0.6 is 0 Å². The van der Waals surface area contributed by atoms with E-state index in [2.05, 4.69) is 14.8 Å². The minimum Gasteiger partial charge on any atom is -0.351 e. The number of piperazine rings is 1. The zero-order chi connectivity index (χ0) is 13.2. The topological polar surface area (TPSA) is 45.4 Å². The van der Waals surface area contributed by atoms with Gasteiger partial charge in [0, 0.05) is 44.0 Å². The van der Waals surface area contributed by atoms with Crippen molar-refractivity contribution < 1.29 is 4.39 Å². The Hall–Kier alpha value is -1.20. The van der Waals surface area contributed by atoms with E-state index in [4.69, 9.17) is 5.73 Å². The van der Waals surface area contributed by atoms with Gasteiger partial charge in [0.2, 0.25) is 0 Å². The van der Waals surface area contributed by atoms with E-state index in [1.807, 2.05) is 0 Å². The number of hydrogen-bond donors (Lipinski definition) is 1. The maximum atomic E-state index is 14.3. The van der Waals surface area contributed by atoms with Gasteiger partial charge in [-0.1, -0.05) is 6.42 Å². The third-order valence-electron chi connectivity index (χ3n) is 4.31. The van der Waals surface area contributed by atoms with E-state index < -0.39 is 0 Å². The lowest BCUT2D eigenvalue weighted by Gasteiger charge is -2.44. The van der Waals surface area contributed by atoms with Crippen LogP contribution in [0.4, 0.5) is 10.2 Å². The molecule has 0 bridgehead atoms. The quantitative estimate of drug-likeness (QED) is 0.876. The van der Waals surface area contributed by atoms with E-state index in [0.717, 1.165) is 19.6 Å². The number of rotatable bonds is 2. The van der Waals surface area contributed by atoms with Gasteiger partial charge in [-0.3, -0.25) is 4.90 Å². The van der Waals surface area contributed by atoms with Crippen LogP contribution in [-0.4, -0.2) is 42.1 Å². The number of aromatic nitrogens is 1. The first-order valence-corrected chi connectivity index (χ1v) is 7.12. The molecule has 3 rings (SSSR count). The van der Waals surface area contributed by atoms with E-state index >= 15 is 0 Å². The van der Waals surface area contributed by atoms with Crippen LogP contribution in [0.3, 0.4) is 0 Å². The maximum absolute atomic E-state index is 14.3. The molecule has 0 radical (unpaired) electrons. The molecule has 0 aromatic carbocycles. The largest absolute Gasteiger partial charge is 0.351 e. The lowest BCUT2D eigenvalue weighted by Crippen LogP contribution is -2.55. The maximum Gasteiger partial charge on any atom is 0.170 e. The van der Waals surface area contributed by atoms with Gasteiger partial charge in [-0.25, -0.2) is 9.37 Å². The summed E-state index contributed by atoms with van der Waals surface area (Å²) in [6, 6.07) is 2.22. The number of halogens is 1. The summed E-state index contributed by atoms with van der Waals surface area (Å²) in [6.45, 7) is 4.17. The molecular weight excluding hydrogens is 243 g/mol. The summed E-state index contributed by atoms with van der Waals surface area (Å²) in [5.41, 5.74) is 6.11. The highest BCUT2D eigenvalue weighted by atomic mass is 19.1. The normalized spacial score (nSPS) is 24.3. The molecule has 4 nitrogen and oxygen atoms in total. The van der Waals surface area contributed by atoms with Crippen LogP contribution in [0.1, 0.15) is 24.8 Å². The number of pyridine rings is 1. The average molecular weight is 264 g/mol. The fraction of sp³-hybridized carbons (Fsp3) is 0.643. The number of hydrogen-bond acceptors (Lipinski definition) is 4. The SMILES string of the molecule is NCc1ccnc(N2CCN3CCCCC3C2)c1F. The van der Waals surface area contributed by atoms with Gasteiger partial charge in [-0.15, -0.1) is 0 Å². The van der Waals surface area contributed by atoms with Crippen molar-refractivity contribution in [2.45, 2.75) is 31.8 Å². The second-order valence-corrected chi connectivity index (χ2v) is 5.44. The third-order valence-corrected chi connectivity index (χ3v) is 4.31. The Morgan fingerprint density at radius 1 is 1.32 bits per heavy atom. The van der Waals surface area contributed by atoms with Crippen LogP contribution in [0.15, 0.2) is 12.3 Å². The highest BCUT2D eigenvalue weighted by molar-refractivity contribution is 5.44. The Balaban J connectivity index is 1.79. The Labute approximate surface area is 113 Å². The van der Waals surface area contributed by atoms with E-state index in [1.165, 1.54) is 25.8 Å². The highest BCUT2D eigenvalue weighted by Crippen LogP contribution is 2.26. The second-order valence-electron chi connectivity index (χ2n) is 5.44. The monoisotopic (exact) mass is 264 g/mol. The first-order chi connectivity index (χ1) is 9.29. The van der Waals surface area contributed by atoms with Crippen molar-refractivity contribution in [1.29, 1.82) is 0 Å². The summed E-state index contributed by atoms with van der Waals surface area (Å²) in [4.78, 5) is 8.84. The summed E-state index contributed by atoms with van der Waals surface area (Å²) in [6.07, 6.45) is 5.46. The minimum atomic E-state index is -0.241. The van der Waals surface area contributed by atoms with Crippen LogP contribution in [0, 0.1) is 5.82 Å². The van der Waals surface area contributed by atoms with Gasteiger partial charge >= 0.3 is 0 Å². The fourth-order valence-electron chi connectivity index (χ4n) is 3.20. The Kier molecular flexibility index (Phi) is 3.66. The first kappa shape index (κ1) is 12.8. The molecule has 0 saturated carbocycles. The fourth-order valence-corrected chi connectivity index (χ4v) is 3.20. The molecule has 2 fully saturated rings. The van der Waals surface area contributed by atoms with Crippen LogP contribution in [0.5, 0.6) is 0 Å². The molecule has 1 unspecified atom stereocenters. The highest BCUT2D eigenvalue weighted by Gasteiger charge is 2.30. The van der Waals surface area contributed by atoms with Crippen molar-refractivity contribution in [3.05, 3.63) is 23.6 Å². The molecule has 19 heavy (non-hydrogen) atoms. The summed E-state index contributed by atoms with van der Waals surface area (Å²) >= 11 is 0. The molecule has 2 saturated heterocycles. The first-order valence-electron chi connectivity index (χ1n) is 7.12. The molecule has 2 aliphatic heterocycles. The number of fused-ring (bicyclic) bond motifs is 1. The van der Waals surface area contributed by atoms with Crippen LogP contribution in [0.2, 0.25) is 0 Å². The van der Waals surface area contributed by atoms with E-state index in [0.29, 0.717) is 17.4 Å². The zero-order valence-electron chi connectivity index (χ0n) is 11.2. The molecule has 5 heteroatoms.